The van der Waals surface area contributed by atoms with Crippen molar-refractivity contribution < 1.29 is 14.6 Å². The molecule has 1 amide bonds. The summed E-state index contributed by atoms with van der Waals surface area (Å²) >= 11 is 0. The van der Waals surface area contributed by atoms with Crippen LogP contribution in [0.25, 0.3) is 0 Å². The smallest absolute Gasteiger partial charge is 0.231 e. The summed E-state index contributed by atoms with van der Waals surface area (Å²) in [5.41, 5.74) is 6.15. The van der Waals surface area contributed by atoms with E-state index in [0.29, 0.717) is 24.9 Å². The molecule has 5 N–H and O–H groups in total. The highest BCUT2D eigenvalue weighted by atomic mass is 127. The zero-order valence-electron chi connectivity index (χ0n) is 15.9. The van der Waals surface area contributed by atoms with Crippen LogP contribution in [0, 0.1) is 0 Å². The minimum Gasteiger partial charge on any atom is -0.504 e. The lowest BCUT2D eigenvalue weighted by Crippen LogP contribution is -2.49. The van der Waals surface area contributed by atoms with Gasteiger partial charge in [0.05, 0.1) is 20.2 Å². The van der Waals surface area contributed by atoms with Crippen LogP contribution in [-0.4, -0.2) is 61.2 Å². The maximum atomic E-state index is 11.0. The number of aromatic hydroxyl groups is 1. The molecule has 0 radical (unpaired) electrons. The normalized spacial score (nSPS) is 15.7. The number of nitrogens with zero attached hydrogens (tertiary/aromatic N) is 2. The van der Waals surface area contributed by atoms with Crippen molar-refractivity contribution in [1.82, 2.24) is 15.5 Å². The number of aliphatic imine (C=N–C) groups is 1. The van der Waals surface area contributed by atoms with Crippen LogP contribution < -0.4 is 21.1 Å². The Balaban J connectivity index is 0.00000364. The van der Waals surface area contributed by atoms with Crippen molar-refractivity contribution in [2.45, 2.75) is 32.4 Å². The number of rotatable bonds is 7. The van der Waals surface area contributed by atoms with Crippen LogP contribution in [0.5, 0.6) is 11.5 Å². The zero-order valence-corrected chi connectivity index (χ0v) is 18.2. The molecule has 0 unspecified atom stereocenters. The molecule has 0 aliphatic carbocycles. The first-order chi connectivity index (χ1) is 12.5. The molecule has 1 aliphatic heterocycles. The van der Waals surface area contributed by atoms with Gasteiger partial charge in [0.15, 0.2) is 17.5 Å². The van der Waals surface area contributed by atoms with Gasteiger partial charge in [0.2, 0.25) is 5.91 Å². The van der Waals surface area contributed by atoms with Gasteiger partial charge in [0.1, 0.15) is 0 Å². The van der Waals surface area contributed by atoms with E-state index in [0.717, 1.165) is 44.0 Å². The maximum absolute atomic E-state index is 11.0. The highest BCUT2D eigenvalue weighted by Gasteiger charge is 2.20. The molecule has 152 valence electrons. The van der Waals surface area contributed by atoms with Gasteiger partial charge in [-0.05, 0) is 37.5 Å². The summed E-state index contributed by atoms with van der Waals surface area (Å²) in [5.74, 6) is 1.02. The predicted octanol–water partition coefficient (Wildman–Crippen LogP) is 1.02. The Hall–Kier alpha value is -1.75. The highest BCUT2D eigenvalue weighted by Crippen LogP contribution is 2.26. The number of primary amides is 1. The Morgan fingerprint density at radius 3 is 2.67 bits per heavy atom. The fraction of sp³-hybridized carbons (Fsp3) is 0.556. The third-order valence-corrected chi connectivity index (χ3v) is 4.32. The number of likely N-dealkylation sites (tertiary alicyclic amines) is 1. The topological polar surface area (TPSA) is 112 Å². The number of hydrogen-bond acceptors (Lipinski definition) is 5. The summed E-state index contributed by atoms with van der Waals surface area (Å²) in [6, 6.07) is 5.58. The van der Waals surface area contributed by atoms with Gasteiger partial charge in [-0.2, -0.15) is 0 Å². The molecule has 1 saturated heterocycles. The van der Waals surface area contributed by atoms with E-state index in [9.17, 15) is 9.90 Å². The number of phenols is 1. The number of ether oxygens (including phenoxy) is 1. The second-order valence-electron chi connectivity index (χ2n) is 6.36. The molecule has 1 aromatic carbocycles. The molecule has 27 heavy (non-hydrogen) atoms. The number of nitrogens with one attached hydrogen (secondary N) is 2. The number of hydrogen-bond donors (Lipinski definition) is 4. The van der Waals surface area contributed by atoms with Gasteiger partial charge in [0, 0.05) is 25.7 Å². The Kier molecular flexibility index (Phi) is 10.2. The fourth-order valence-corrected chi connectivity index (χ4v) is 2.97. The summed E-state index contributed by atoms with van der Waals surface area (Å²) in [6.07, 6.45) is 1.86. The standard InChI is InChI=1S/C18H29N5O3.HI/c1-3-20-18(21-11-13-4-5-16(26-2)15(24)10-13)22-14-6-8-23(9-7-14)12-17(19)25;/h4-5,10,14,24H,3,6-9,11-12H2,1-2H3,(H2,19,25)(H2,20,21,22);1H. The molecule has 0 spiro atoms. The summed E-state index contributed by atoms with van der Waals surface area (Å²) in [7, 11) is 1.52. The zero-order chi connectivity index (χ0) is 18.9. The summed E-state index contributed by atoms with van der Waals surface area (Å²) in [4.78, 5) is 17.7. The van der Waals surface area contributed by atoms with Crippen LogP contribution in [0.4, 0.5) is 0 Å². The van der Waals surface area contributed by atoms with Gasteiger partial charge in [-0.3, -0.25) is 9.69 Å². The first-order valence-corrected chi connectivity index (χ1v) is 8.93. The van der Waals surface area contributed by atoms with Gasteiger partial charge in [-0.15, -0.1) is 24.0 Å². The van der Waals surface area contributed by atoms with Gasteiger partial charge in [-0.25, -0.2) is 4.99 Å². The second-order valence-corrected chi connectivity index (χ2v) is 6.36. The van der Waals surface area contributed by atoms with Crippen molar-refractivity contribution in [2.75, 3.05) is 33.3 Å². The first-order valence-electron chi connectivity index (χ1n) is 8.93. The Morgan fingerprint density at radius 1 is 1.41 bits per heavy atom. The minimum absolute atomic E-state index is 0. The number of halogens is 1. The number of phenolic OH excluding ortho intramolecular Hbond substituents is 1. The average molecular weight is 491 g/mol. The molecule has 2 rings (SSSR count). The Bertz CT molecular complexity index is 633. The molecule has 1 aliphatic rings. The summed E-state index contributed by atoms with van der Waals surface area (Å²) < 4.78 is 5.05. The lowest BCUT2D eigenvalue weighted by Gasteiger charge is -2.32. The van der Waals surface area contributed by atoms with E-state index in [4.69, 9.17) is 10.5 Å². The molecule has 0 saturated carbocycles. The molecule has 0 atom stereocenters. The number of amides is 1. The van der Waals surface area contributed by atoms with Gasteiger partial charge < -0.3 is 26.2 Å². The van der Waals surface area contributed by atoms with Crippen LogP contribution in [-0.2, 0) is 11.3 Å². The van der Waals surface area contributed by atoms with E-state index in [2.05, 4.69) is 20.5 Å². The summed E-state index contributed by atoms with van der Waals surface area (Å²) in [6.45, 7) is 5.24. The molecular weight excluding hydrogens is 461 g/mol. The quantitative estimate of drug-likeness (QED) is 0.258. The number of carbonyl (C=O) groups excluding carboxylic acids is 1. The average Bonchev–Trinajstić information content (AvgIpc) is 2.61. The van der Waals surface area contributed by atoms with Crippen molar-refractivity contribution in [3.8, 4) is 11.5 Å². The van der Waals surface area contributed by atoms with Crippen LogP contribution in [0.15, 0.2) is 23.2 Å². The SMILES string of the molecule is CCNC(=NCc1ccc(OC)c(O)c1)NC1CCN(CC(N)=O)CC1.I. The molecular formula is C18H30IN5O3. The number of piperidine rings is 1. The van der Waals surface area contributed by atoms with Crippen molar-refractivity contribution in [2.24, 2.45) is 10.7 Å². The van der Waals surface area contributed by atoms with Gasteiger partial charge in [0.25, 0.3) is 0 Å². The lowest BCUT2D eigenvalue weighted by atomic mass is 10.1. The van der Waals surface area contributed by atoms with Crippen LogP contribution in [0.1, 0.15) is 25.3 Å². The Morgan fingerprint density at radius 2 is 2.11 bits per heavy atom. The van der Waals surface area contributed by atoms with Crippen LogP contribution in [0.2, 0.25) is 0 Å². The molecule has 1 aromatic rings. The van der Waals surface area contributed by atoms with Gasteiger partial charge >= 0.3 is 0 Å². The van der Waals surface area contributed by atoms with E-state index in [1.165, 1.54) is 7.11 Å². The third kappa shape index (κ3) is 7.79. The van der Waals surface area contributed by atoms with E-state index in [1.54, 1.807) is 12.1 Å². The van der Waals surface area contributed by atoms with Crippen LogP contribution in [0.3, 0.4) is 0 Å². The monoisotopic (exact) mass is 491 g/mol. The number of carbonyl (C=O) groups is 1. The van der Waals surface area contributed by atoms with Crippen LogP contribution >= 0.6 is 24.0 Å². The van der Waals surface area contributed by atoms with E-state index in [1.807, 2.05) is 13.0 Å². The maximum Gasteiger partial charge on any atom is 0.231 e. The highest BCUT2D eigenvalue weighted by molar-refractivity contribution is 14.0. The molecule has 1 heterocycles. The largest absolute Gasteiger partial charge is 0.504 e. The van der Waals surface area contributed by atoms with E-state index >= 15 is 0 Å². The second kappa shape index (κ2) is 11.9. The molecule has 0 bridgehead atoms. The first kappa shape index (κ1) is 23.3. The number of guanidine groups is 1. The van der Waals surface area contributed by atoms with Gasteiger partial charge in [-0.1, -0.05) is 6.07 Å². The predicted molar refractivity (Wildman–Crippen MR) is 117 cm³/mol. The molecule has 1 fully saturated rings. The number of methoxy groups -OCH3 is 1. The van der Waals surface area contributed by atoms with Crippen molar-refractivity contribution in [3.63, 3.8) is 0 Å². The third-order valence-electron chi connectivity index (χ3n) is 4.32. The molecule has 8 nitrogen and oxygen atoms in total. The summed E-state index contributed by atoms with van der Waals surface area (Å²) in [5, 5.41) is 16.6. The number of benzene rings is 1. The van der Waals surface area contributed by atoms with Crippen molar-refractivity contribution in [1.29, 1.82) is 0 Å². The van der Waals surface area contributed by atoms with Crippen molar-refractivity contribution >= 4 is 35.8 Å². The lowest BCUT2D eigenvalue weighted by molar-refractivity contribution is -0.119. The fourth-order valence-electron chi connectivity index (χ4n) is 2.97. The van der Waals surface area contributed by atoms with E-state index < -0.39 is 0 Å². The molecule has 0 aromatic heterocycles. The molecule has 9 heteroatoms. The van der Waals surface area contributed by atoms with E-state index in [-0.39, 0.29) is 35.6 Å². The Labute approximate surface area is 177 Å². The number of nitrogens with two attached hydrogens (primary N) is 1. The van der Waals surface area contributed by atoms with Crippen molar-refractivity contribution in [3.05, 3.63) is 23.8 Å². The minimum atomic E-state index is -0.283.